The third kappa shape index (κ3) is 3.20. The summed E-state index contributed by atoms with van der Waals surface area (Å²) >= 11 is 0. The third-order valence-electron chi connectivity index (χ3n) is 3.62. The lowest BCUT2D eigenvalue weighted by molar-refractivity contribution is 0.103. The molecule has 1 aromatic rings. The zero-order valence-corrected chi connectivity index (χ0v) is 12.0. The normalized spacial score (nSPS) is 21.1. The number of carbonyl (C=O) groups excluding carboxylic acids is 1. The van der Waals surface area contributed by atoms with Crippen LogP contribution in [0.3, 0.4) is 0 Å². The van der Waals surface area contributed by atoms with Crippen molar-refractivity contribution >= 4 is 17.5 Å². The van der Waals surface area contributed by atoms with Crippen molar-refractivity contribution in [2.24, 2.45) is 0 Å². The molecule has 1 heterocycles. The van der Waals surface area contributed by atoms with Gasteiger partial charge >= 0.3 is 6.09 Å². The van der Waals surface area contributed by atoms with Crippen LogP contribution in [0.25, 0.3) is 0 Å². The van der Waals surface area contributed by atoms with Gasteiger partial charge in [0.2, 0.25) is 0 Å². The number of carbonyl (C=O) groups is 1. The van der Waals surface area contributed by atoms with Crippen LogP contribution in [0.4, 0.5) is 20.6 Å². The van der Waals surface area contributed by atoms with Crippen molar-refractivity contribution in [3.63, 3.8) is 0 Å². The van der Waals surface area contributed by atoms with Crippen molar-refractivity contribution < 1.29 is 19.0 Å². The SMILES string of the molecule is COC(=O)N[C@@H]1CCN(c2cc(C#N)cc(N)c2F)C[C@H]1O. The number of aliphatic hydroxyl groups excluding tert-OH is 1. The molecule has 1 aliphatic rings. The third-order valence-corrected chi connectivity index (χ3v) is 3.62. The molecule has 1 fully saturated rings. The Kier molecular flexibility index (Phi) is 4.68. The van der Waals surface area contributed by atoms with Gasteiger partial charge in [-0.15, -0.1) is 0 Å². The van der Waals surface area contributed by atoms with Crippen LogP contribution in [-0.2, 0) is 4.74 Å². The fraction of sp³-hybridized carbons (Fsp3) is 0.429. The molecule has 0 spiro atoms. The number of hydrogen-bond acceptors (Lipinski definition) is 6. The first-order valence-corrected chi connectivity index (χ1v) is 6.73. The minimum absolute atomic E-state index is 0.111. The quantitative estimate of drug-likeness (QED) is 0.689. The standard InChI is InChI=1S/C14H17FN4O3/c1-22-14(21)18-10-2-3-19(7-12(10)20)11-5-8(6-16)4-9(17)13(11)15/h4-5,10,12,20H,2-3,7,17H2,1H3,(H,18,21)/t10-,12-/m1/s1. The number of rotatable bonds is 2. The molecule has 4 N–H and O–H groups in total. The highest BCUT2D eigenvalue weighted by Crippen LogP contribution is 2.28. The number of amides is 1. The number of nitrogens with one attached hydrogen (secondary N) is 1. The minimum atomic E-state index is -0.890. The molecule has 22 heavy (non-hydrogen) atoms. The molecule has 118 valence electrons. The first-order chi connectivity index (χ1) is 10.5. The van der Waals surface area contributed by atoms with Crippen LogP contribution in [0.15, 0.2) is 12.1 Å². The maximum absolute atomic E-state index is 14.1. The van der Waals surface area contributed by atoms with Gasteiger partial charge in [-0.2, -0.15) is 5.26 Å². The van der Waals surface area contributed by atoms with Crippen LogP contribution < -0.4 is 16.0 Å². The molecule has 0 unspecified atom stereocenters. The van der Waals surface area contributed by atoms with E-state index >= 15 is 0 Å². The van der Waals surface area contributed by atoms with Gasteiger partial charge in [0.25, 0.3) is 0 Å². The van der Waals surface area contributed by atoms with Crippen LogP contribution in [0, 0.1) is 17.1 Å². The van der Waals surface area contributed by atoms with Crippen molar-refractivity contribution in [3.8, 4) is 6.07 Å². The molecule has 8 heteroatoms. The number of ether oxygens (including phenoxy) is 1. The molecule has 0 radical (unpaired) electrons. The summed E-state index contributed by atoms with van der Waals surface area (Å²) in [5.74, 6) is -0.620. The number of nitriles is 1. The Morgan fingerprint density at radius 1 is 1.64 bits per heavy atom. The Labute approximate surface area is 127 Å². The number of hydrogen-bond donors (Lipinski definition) is 3. The van der Waals surface area contributed by atoms with Crippen molar-refractivity contribution in [2.45, 2.75) is 18.6 Å². The lowest BCUT2D eigenvalue weighted by atomic mass is 10.0. The van der Waals surface area contributed by atoms with Crippen molar-refractivity contribution in [1.29, 1.82) is 5.26 Å². The van der Waals surface area contributed by atoms with Crippen LogP contribution in [0.2, 0.25) is 0 Å². The topological polar surface area (TPSA) is 112 Å². The van der Waals surface area contributed by atoms with E-state index in [9.17, 15) is 14.3 Å². The van der Waals surface area contributed by atoms with Gasteiger partial charge in [-0.05, 0) is 18.6 Å². The number of methoxy groups -OCH3 is 1. The molecule has 1 saturated heterocycles. The van der Waals surface area contributed by atoms with Crippen LogP contribution in [-0.4, -0.2) is 43.5 Å². The molecular weight excluding hydrogens is 291 g/mol. The number of nitrogens with zero attached hydrogens (tertiary/aromatic N) is 2. The maximum atomic E-state index is 14.1. The van der Waals surface area contributed by atoms with E-state index in [2.05, 4.69) is 10.1 Å². The number of nitrogen functional groups attached to an aromatic ring is 1. The van der Waals surface area contributed by atoms with Crippen LogP contribution in [0.5, 0.6) is 0 Å². The average molecular weight is 308 g/mol. The molecule has 1 amide bonds. The number of benzene rings is 1. The highest BCUT2D eigenvalue weighted by molar-refractivity contribution is 5.67. The predicted molar refractivity (Wildman–Crippen MR) is 77.7 cm³/mol. The largest absolute Gasteiger partial charge is 0.453 e. The second kappa shape index (κ2) is 6.49. The van der Waals surface area contributed by atoms with Crippen molar-refractivity contribution in [1.82, 2.24) is 5.32 Å². The Morgan fingerprint density at radius 2 is 2.36 bits per heavy atom. The summed E-state index contributed by atoms with van der Waals surface area (Å²) in [6.45, 7) is 0.511. The number of anilines is 2. The molecule has 0 bridgehead atoms. The Balaban J connectivity index is 2.15. The van der Waals surface area contributed by atoms with E-state index in [4.69, 9.17) is 11.0 Å². The van der Waals surface area contributed by atoms with Gasteiger partial charge in [-0.25, -0.2) is 9.18 Å². The molecule has 2 atom stereocenters. The summed E-state index contributed by atoms with van der Waals surface area (Å²) in [5, 5.41) is 21.6. The number of nitrogens with two attached hydrogens (primary N) is 1. The molecule has 2 rings (SSSR count). The van der Waals surface area contributed by atoms with Gasteiger partial charge < -0.3 is 25.8 Å². The monoisotopic (exact) mass is 308 g/mol. The molecule has 1 aromatic carbocycles. The fourth-order valence-corrected chi connectivity index (χ4v) is 2.45. The van der Waals surface area contributed by atoms with Crippen LogP contribution >= 0.6 is 0 Å². The first kappa shape index (κ1) is 15.9. The van der Waals surface area contributed by atoms with Crippen molar-refractivity contribution in [2.75, 3.05) is 30.8 Å². The van der Waals surface area contributed by atoms with Gasteiger partial charge in [0.05, 0.1) is 42.3 Å². The van der Waals surface area contributed by atoms with Gasteiger partial charge in [0, 0.05) is 13.1 Å². The van der Waals surface area contributed by atoms with E-state index in [1.54, 1.807) is 4.90 Å². The van der Waals surface area contributed by atoms with E-state index in [1.165, 1.54) is 19.2 Å². The molecular formula is C14H17FN4O3. The highest BCUT2D eigenvalue weighted by atomic mass is 19.1. The summed E-state index contributed by atoms with van der Waals surface area (Å²) in [5.41, 5.74) is 5.87. The van der Waals surface area contributed by atoms with Gasteiger partial charge in [-0.1, -0.05) is 0 Å². The van der Waals surface area contributed by atoms with E-state index in [1.807, 2.05) is 6.07 Å². The summed E-state index contributed by atoms with van der Waals surface area (Å²) < 4.78 is 18.6. The number of piperidine rings is 1. The number of β-amino-alcohol motifs (C(OH)–C–C–N with tert-alkyl or cyclic N) is 1. The molecule has 0 aliphatic carbocycles. The van der Waals surface area contributed by atoms with E-state index in [-0.39, 0.29) is 23.5 Å². The number of alkyl carbamates (subject to hydrolysis) is 1. The van der Waals surface area contributed by atoms with Crippen LogP contribution in [0.1, 0.15) is 12.0 Å². The number of aliphatic hydroxyl groups is 1. The van der Waals surface area contributed by atoms with Gasteiger partial charge in [0.1, 0.15) is 0 Å². The number of halogens is 1. The fourth-order valence-electron chi connectivity index (χ4n) is 2.45. The Morgan fingerprint density at radius 3 is 2.95 bits per heavy atom. The summed E-state index contributed by atoms with van der Waals surface area (Å²) in [6, 6.07) is 4.11. The summed E-state index contributed by atoms with van der Waals surface area (Å²) in [4.78, 5) is 12.8. The lowest BCUT2D eigenvalue weighted by Crippen LogP contribution is -2.54. The van der Waals surface area contributed by atoms with E-state index in [0.717, 1.165) is 0 Å². The zero-order valence-electron chi connectivity index (χ0n) is 12.0. The van der Waals surface area contributed by atoms with Gasteiger partial charge in [0.15, 0.2) is 5.82 Å². The van der Waals surface area contributed by atoms with E-state index in [0.29, 0.717) is 13.0 Å². The summed E-state index contributed by atoms with van der Waals surface area (Å²) in [6.07, 6.45) is -1.11. The van der Waals surface area contributed by atoms with Crippen molar-refractivity contribution in [3.05, 3.63) is 23.5 Å². The smallest absolute Gasteiger partial charge is 0.407 e. The second-order valence-corrected chi connectivity index (χ2v) is 5.05. The summed E-state index contributed by atoms with van der Waals surface area (Å²) in [7, 11) is 1.24. The molecule has 1 aliphatic heterocycles. The zero-order chi connectivity index (χ0) is 16.3. The van der Waals surface area contributed by atoms with Gasteiger partial charge in [-0.3, -0.25) is 0 Å². The second-order valence-electron chi connectivity index (χ2n) is 5.05. The predicted octanol–water partition coefficient (Wildman–Crippen LogP) is 0.575. The first-order valence-electron chi connectivity index (χ1n) is 6.73. The Bertz CT molecular complexity index is 617. The molecule has 0 aromatic heterocycles. The Hall–Kier alpha value is -2.53. The average Bonchev–Trinajstić information content (AvgIpc) is 2.51. The minimum Gasteiger partial charge on any atom is -0.453 e. The lowest BCUT2D eigenvalue weighted by Gasteiger charge is -2.37. The molecule has 7 nitrogen and oxygen atoms in total. The maximum Gasteiger partial charge on any atom is 0.407 e. The van der Waals surface area contributed by atoms with E-state index < -0.39 is 24.1 Å². The molecule has 0 saturated carbocycles. The highest BCUT2D eigenvalue weighted by Gasteiger charge is 2.30.